The normalized spacial score (nSPS) is 21.7. The van der Waals surface area contributed by atoms with Gasteiger partial charge in [-0.15, -0.1) is 0 Å². The number of aliphatic hydroxyl groups excluding tert-OH is 1. The number of alkyl halides is 3. The van der Waals surface area contributed by atoms with Crippen molar-refractivity contribution in [2.75, 3.05) is 26.2 Å². The number of β-amino-alcohol motifs (C(OH)–C–C–N with tert-alkyl or cyclic N) is 1. The highest BCUT2D eigenvalue weighted by Crippen LogP contribution is 2.36. The first-order chi connectivity index (χ1) is 12.0. The molecule has 1 aliphatic heterocycles. The van der Waals surface area contributed by atoms with Gasteiger partial charge in [-0.2, -0.15) is 17.5 Å². The van der Waals surface area contributed by atoms with Gasteiger partial charge in [0.1, 0.15) is 0 Å². The van der Waals surface area contributed by atoms with Gasteiger partial charge >= 0.3 is 6.18 Å². The first-order valence-corrected chi connectivity index (χ1v) is 10.1. The van der Waals surface area contributed by atoms with E-state index in [2.05, 4.69) is 0 Å². The van der Waals surface area contributed by atoms with Gasteiger partial charge in [0, 0.05) is 32.2 Å². The first kappa shape index (κ1) is 21.4. The maximum Gasteiger partial charge on any atom is 0.417 e. The van der Waals surface area contributed by atoms with E-state index in [9.17, 15) is 26.7 Å². The molecule has 2 atom stereocenters. The SMILES string of the molecule is CC[C@H]1CN(S(=O)(=O)c2ccc(Cl)c(C(F)(F)F)c2)CCN1C[C@@H](C)O. The fraction of sp³-hybridized carbons (Fsp3) is 0.625. The Morgan fingerprint density at radius 3 is 2.54 bits per heavy atom. The van der Waals surface area contributed by atoms with E-state index in [1.54, 1.807) is 6.92 Å². The fourth-order valence-corrected chi connectivity index (χ4v) is 4.80. The smallest absolute Gasteiger partial charge is 0.392 e. The van der Waals surface area contributed by atoms with Crippen LogP contribution in [0, 0.1) is 0 Å². The number of rotatable bonds is 5. The van der Waals surface area contributed by atoms with Crippen molar-refractivity contribution in [3.05, 3.63) is 28.8 Å². The van der Waals surface area contributed by atoms with E-state index in [1.165, 1.54) is 4.31 Å². The van der Waals surface area contributed by atoms with Crippen LogP contribution in [0.5, 0.6) is 0 Å². The van der Waals surface area contributed by atoms with Crippen molar-refractivity contribution in [3.63, 3.8) is 0 Å². The van der Waals surface area contributed by atoms with E-state index >= 15 is 0 Å². The minimum atomic E-state index is -4.73. The standard InChI is InChI=1S/C16H22ClF3N2O3S/c1-3-12-10-22(7-6-21(12)9-11(2)23)26(24,25)13-4-5-15(17)14(8-13)16(18,19)20/h4-5,8,11-12,23H,3,6-7,9-10H2,1-2H3/t11-,12+/m1/s1. The molecule has 148 valence electrons. The van der Waals surface area contributed by atoms with Crippen molar-refractivity contribution in [2.24, 2.45) is 0 Å². The summed E-state index contributed by atoms with van der Waals surface area (Å²) in [5, 5.41) is 9.02. The Labute approximate surface area is 156 Å². The van der Waals surface area contributed by atoms with Gasteiger partial charge < -0.3 is 5.11 Å². The van der Waals surface area contributed by atoms with Gasteiger partial charge in [0.2, 0.25) is 10.0 Å². The summed E-state index contributed by atoms with van der Waals surface area (Å²) in [6.07, 6.45) is -4.62. The highest BCUT2D eigenvalue weighted by Gasteiger charge is 2.37. The fourth-order valence-electron chi connectivity index (χ4n) is 3.08. The van der Waals surface area contributed by atoms with Crippen molar-refractivity contribution < 1.29 is 26.7 Å². The van der Waals surface area contributed by atoms with Crippen LogP contribution in [0.3, 0.4) is 0 Å². The number of halogens is 4. The third-order valence-corrected chi connectivity index (χ3v) is 6.61. The third-order valence-electron chi connectivity index (χ3n) is 4.42. The minimum absolute atomic E-state index is 0.109. The average Bonchev–Trinajstić information content (AvgIpc) is 2.53. The highest BCUT2D eigenvalue weighted by molar-refractivity contribution is 7.89. The molecular weight excluding hydrogens is 393 g/mol. The van der Waals surface area contributed by atoms with Crippen LogP contribution in [0.4, 0.5) is 13.2 Å². The lowest BCUT2D eigenvalue weighted by Crippen LogP contribution is -2.55. The molecule has 0 radical (unpaired) electrons. The van der Waals surface area contributed by atoms with Crippen LogP contribution < -0.4 is 0 Å². The summed E-state index contributed by atoms with van der Waals surface area (Å²) in [7, 11) is -4.07. The highest BCUT2D eigenvalue weighted by atomic mass is 35.5. The number of aliphatic hydroxyl groups is 1. The average molecular weight is 415 g/mol. The molecule has 1 heterocycles. The first-order valence-electron chi connectivity index (χ1n) is 8.25. The number of piperazine rings is 1. The minimum Gasteiger partial charge on any atom is -0.392 e. The predicted molar refractivity (Wildman–Crippen MR) is 92.5 cm³/mol. The molecule has 0 aromatic heterocycles. The summed E-state index contributed by atoms with van der Waals surface area (Å²) < 4.78 is 65.9. The summed E-state index contributed by atoms with van der Waals surface area (Å²) in [4.78, 5) is 1.58. The molecule has 5 nitrogen and oxygen atoms in total. The maximum atomic E-state index is 13.0. The summed E-state index contributed by atoms with van der Waals surface area (Å²) in [6.45, 7) is 4.70. The van der Waals surface area contributed by atoms with Gasteiger partial charge in [0.15, 0.2) is 0 Å². The number of benzene rings is 1. The molecule has 1 fully saturated rings. The molecule has 10 heteroatoms. The molecule has 0 bridgehead atoms. The third kappa shape index (κ3) is 4.69. The molecule has 0 saturated carbocycles. The van der Waals surface area contributed by atoms with Gasteiger partial charge in [-0.1, -0.05) is 18.5 Å². The second-order valence-electron chi connectivity index (χ2n) is 6.41. The Balaban J connectivity index is 2.28. The van der Waals surface area contributed by atoms with E-state index in [0.29, 0.717) is 25.6 Å². The van der Waals surface area contributed by atoms with Crippen molar-refractivity contribution in [1.29, 1.82) is 0 Å². The predicted octanol–water partition coefficient (Wildman–Crippen LogP) is 2.82. The van der Waals surface area contributed by atoms with E-state index in [-0.39, 0.29) is 19.1 Å². The molecule has 1 aliphatic rings. The second-order valence-corrected chi connectivity index (χ2v) is 8.75. The van der Waals surface area contributed by atoms with Gasteiger partial charge in [0.05, 0.1) is 21.6 Å². The van der Waals surface area contributed by atoms with Gasteiger partial charge in [-0.3, -0.25) is 4.90 Å². The number of hydrogen-bond donors (Lipinski definition) is 1. The second kappa shape index (κ2) is 8.02. The number of sulfonamides is 1. The number of hydrogen-bond acceptors (Lipinski definition) is 4. The van der Waals surface area contributed by atoms with Crippen LogP contribution in [-0.2, 0) is 16.2 Å². The van der Waals surface area contributed by atoms with Crippen molar-refractivity contribution in [2.45, 2.75) is 43.5 Å². The Morgan fingerprint density at radius 1 is 1.35 bits per heavy atom. The molecule has 26 heavy (non-hydrogen) atoms. The summed E-state index contributed by atoms with van der Waals surface area (Å²) in [5.74, 6) is 0. The van der Waals surface area contributed by atoms with Crippen LogP contribution in [-0.4, -0.2) is 61.1 Å². The van der Waals surface area contributed by atoms with E-state index in [1.807, 2.05) is 11.8 Å². The monoisotopic (exact) mass is 414 g/mol. The van der Waals surface area contributed by atoms with E-state index < -0.39 is 37.8 Å². The molecule has 2 rings (SSSR count). The molecule has 0 aliphatic carbocycles. The molecule has 0 spiro atoms. The van der Waals surface area contributed by atoms with Crippen LogP contribution >= 0.6 is 11.6 Å². The molecule has 1 N–H and O–H groups in total. The largest absolute Gasteiger partial charge is 0.417 e. The van der Waals surface area contributed by atoms with E-state index in [0.717, 1.165) is 12.1 Å². The van der Waals surface area contributed by atoms with Crippen LogP contribution in [0.25, 0.3) is 0 Å². The Bertz CT molecular complexity index is 741. The summed E-state index contributed by atoms with van der Waals surface area (Å²) in [6, 6.07) is 2.53. The zero-order valence-electron chi connectivity index (χ0n) is 14.5. The van der Waals surface area contributed by atoms with Crippen molar-refractivity contribution in [1.82, 2.24) is 9.21 Å². The molecule has 1 saturated heterocycles. The molecule has 1 aromatic carbocycles. The Kier molecular flexibility index (Phi) is 6.61. The zero-order valence-corrected chi connectivity index (χ0v) is 16.1. The van der Waals surface area contributed by atoms with Crippen molar-refractivity contribution >= 4 is 21.6 Å². The molecule has 0 unspecified atom stereocenters. The van der Waals surface area contributed by atoms with Gasteiger partial charge in [0.25, 0.3) is 0 Å². The summed E-state index contributed by atoms with van der Waals surface area (Å²) in [5.41, 5.74) is -1.17. The topological polar surface area (TPSA) is 60.9 Å². The quantitative estimate of drug-likeness (QED) is 0.804. The zero-order chi connectivity index (χ0) is 19.7. The van der Waals surface area contributed by atoms with Crippen LogP contribution in [0.15, 0.2) is 23.1 Å². The molecule has 1 aromatic rings. The Hall–Kier alpha value is -0.870. The number of nitrogens with zero attached hydrogens (tertiary/aromatic N) is 2. The lowest BCUT2D eigenvalue weighted by molar-refractivity contribution is -0.137. The Morgan fingerprint density at radius 2 is 2.00 bits per heavy atom. The molecular formula is C16H22ClF3N2O3S. The lowest BCUT2D eigenvalue weighted by Gasteiger charge is -2.41. The molecule has 0 amide bonds. The maximum absolute atomic E-state index is 13.0. The summed E-state index contributed by atoms with van der Waals surface area (Å²) >= 11 is 5.57. The van der Waals surface area contributed by atoms with Gasteiger partial charge in [-0.25, -0.2) is 8.42 Å². The lowest BCUT2D eigenvalue weighted by atomic mass is 10.1. The van der Waals surface area contributed by atoms with Crippen molar-refractivity contribution in [3.8, 4) is 0 Å². The van der Waals surface area contributed by atoms with E-state index in [4.69, 9.17) is 11.6 Å². The van der Waals surface area contributed by atoms with Crippen LogP contribution in [0.2, 0.25) is 5.02 Å². The van der Waals surface area contributed by atoms with Gasteiger partial charge in [-0.05, 0) is 31.5 Å². The van der Waals surface area contributed by atoms with Crippen LogP contribution in [0.1, 0.15) is 25.8 Å².